The molecule has 3 fully saturated rings. The largest absolute Gasteiger partial charge is 0.479 e. The number of nitrogens with zero attached hydrogens (tertiary/aromatic N) is 2. The van der Waals surface area contributed by atoms with Crippen LogP contribution in [-0.2, 0) is 24.4 Å². The van der Waals surface area contributed by atoms with Gasteiger partial charge in [0.15, 0.2) is 0 Å². The molecule has 41 heavy (non-hydrogen) atoms. The highest BCUT2D eigenvalue weighted by Gasteiger charge is 2.61. The van der Waals surface area contributed by atoms with Crippen LogP contribution in [0.15, 0.2) is 0 Å². The zero-order chi connectivity index (χ0) is 30.6. The van der Waals surface area contributed by atoms with Gasteiger partial charge in [-0.1, -0.05) is 52.9 Å². The summed E-state index contributed by atoms with van der Waals surface area (Å²) in [5, 5.41) is 18.4. The lowest BCUT2D eigenvalue weighted by Gasteiger charge is -2.35. The maximum absolute atomic E-state index is 13.8. The average molecular weight is 600 g/mol. The van der Waals surface area contributed by atoms with Crippen molar-refractivity contribution in [2.75, 3.05) is 25.9 Å². The molecule has 2 aliphatic heterocycles. The predicted molar refractivity (Wildman–Crippen MR) is 154 cm³/mol. The second-order valence-corrected chi connectivity index (χ2v) is 15.3. The number of urea groups is 1. The van der Waals surface area contributed by atoms with E-state index in [1.165, 1.54) is 16.3 Å². The molecule has 0 aromatic carbocycles. The summed E-state index contributed by atoms with van der Waals surface area (Å²) in [6.07, 6.45) is 6.92. The summed E-state index contributed by atoms with van der Waals surface area (Å²) >= 11 is 0. The molecule has 12 nitrogen and oxygen atoms in total. The number of carbonyl (C=O) groups excluding carboxylic acids is 3. The van der Waals surface area contributed by atoms with Crippen molar-refractivity contribution >= 4 is 33.8 Å². The first-order valence-corrected chi connectivity index (χ1v) is 16.6. The summed E-state index contributed by atoms with van der Waals surface area (Å²) in [7, 11) is -1.97. The van der Waals surface area contributed by atoms with Crippen molar-refractivity contribution in [3.05, 3.63) is 0 Å². The van der Waals surface area contributed by atoms with Crippen LogP contribution in [0, 0.1) is 11.3 Å². The third kappa shape index (κ3) is 8.12. The number of carboxylic acids is 1. The Morgan fingerprint density at radius 2 is 1.73 bits per heavy atom. The van der Waals surface area contributed by atoms with E-state index in [-0.39, 0.29) is 24.1 Å². The van der Waals surface area contributed by atoms with Crippen LogP contribution in [0.2, 0.25) is 0 Å². The fraction of sp³-hybridized carbons (Fsp3) is 0.857. The van der Waals surface area contributed by atoms with Crippen LogP contribution in [0.3, 0.4) is 0 Å². The summed E-state index contributed by atoms with van der Waals surface area (Å²) in [6.45, 7) is 7.70. The minimum atomic E-state index is -3.46. The number of hydrogen-bond acceptors (Lipinski definition) is 6. The normalized spacial score (nSPS) is 28.9. The van der Waals surface area contributed by atoms with Crippen LogP contribution in [0.5, 0.6) is 0 Å². The van der Waals surface area contributed by atoms with E-state index in [2.05, 4.69) is 16.0 Å². The topological polar surface area (TPSA) is 165 Å². The Morgan fingerprint density at radius 1 is 1.10 bits per heavy atom. The fourth-order valence-corrected chi connectivity index (χ4v) is 6.78. The first kappa shape index (κ1) is 33.1. The molecule has 1 aliphatic carbocycles. The molecule has 2 unspecified atom stereocenters. The minimum Gasteiger partial charge on any atom is -0.479 e. The van der Waals surface area contributed by atoms with Gasteiger partial charge in [0.25, 0.3) is 0 Å². The van der Waals surface area contributed by atoms with E-state index in [1.54, 1.807) is 6.92 Å². The molecule has 13 heteroatoms. The molecule has 3 rings (SSSR count). The molecule has 2 saturated heterocycles. The molecule has 0 aromatic rings. The van der Waals surface area contributed by atoms with E-state index < -0.39 is 57.0 Å². The molecular formula is C28H49N5O7S. The van der Waals surface area contributed by atoms with Crippen LogP contribution in [-0.4, -0.2) is 96.1 Å². The highest BCUT2D eigenvalue weighted by molar-refractivity contribution is 7.89. The van der Waals surface area contributed by atoms with E-state index in [1.807, 2.05) is 20.8 Å². The highest BCUT2D eigenvalue weighted by Crippen LogP contribution is 2.47. The monoisotopic (exact) mass is 599 g/mol. The Morgan fingerprint density at radius 3 is 2.34 bits per heavy atom. The van der Waals surface area contributed by atoms with Crippen LogP contribution in [0.25, 0.3) is 0 Å². The van der Waals surface area contributed by atoms with E-state index in [0.29, 0.717) is 38.6 Å². The minimum absolute atomic E-state index is 0.0536. The lowest BCUT2D eigenvalue weighted by Crippen LogP contribution is -2.59. The third-order valence-electron chi connectivity index (χ3n) is 8.95. The zero-order valence-electron chi connectivity index (χ0n) is 25.2. The number of carboxylic acid groups (broad SMARTS) is 1. The van der Waals surface area contributed by atoms with Gasteiger partial charge in [0.1, 0.15) is 17.6 Å². The lowest BCUT2D eigenvalue weighted by atomic mass is 9.87. The molecule has 4 amide bonds. The van der Waals surface area contributed by atoms with Crippen LogP contribution < -0.4 is 16.0 Å². The third-order valence-corrected chi connectivity index (χ3v) is 10.8. The van der Waals surface area contributed by atoms with Gasteiger partial charge in [0, 0.05) is 26.2 Å². The van der Waals surface area contributed by atoms with E-state index in [0.717, 1.165) is 32.1 Å². The number of fused-ring (bicyclic) bond motifs is 2. The van der Waals surface area contributed by atoms with Crippen molar-refractivity contribution in [2.24, 2.45) is 11.3 Å². The summed E-state index contributed by atoms with van der Waals surface area (Å²) in [6, 6.07) is -2.76. The van der Waals surface area contributed by atoms with Crippen molar-refractivity contribution < 1.29 is 32.7 Å². The second kappa shape index (κ2) is 13.3. The molecule has 0 spiro atoms. The molecule has 3 aliphatic rings. The number of rotatable bonds is 7. The Labute approximate surface area is 244 Å². The maximum atomic E-state index is 13.8. The molecule has 234 valence electrons. The van der Waals surface area contributed by atoms with Gasteiger partial charge in [0.05, 0.1) is 5.75 Å². The van der Waals surface area contributed by atoms with Gasteiger partial charge in [-0.05, 0) is 50.4 Å². The summed E-state index contributed by atoms with van der Waals surface area (Å²) in [4.78, 5) is 53.9. The molecule has 2 heterocycles. The summed E-state index contributed by atoms with van der Waals surface area (Å²) in [5.41, 5.74) is -1.73. The molecule has 1 saturated carbocycles. The van der Waals surface area contributed by atoms with Crippen LogP contribution in [0.1, 0.15) is 91.9 Å². The smallest absolute Gasteiger partial charge is 0.329 e. The van der Waals surface area contributed by atoms with E-state index in [4.69, 9.17) is 0 Å². The standard InChI is InChI=1S/C28H49N5O7S/c1-6-41(39,40)32(5)18-22(27(2,3)4)30-26(38)29-20-14-11-9-7-8-10-13-19-17-28(19,25(36)37)31-23(34)21-15-12-16-33(21)24(20)35/h19-22H,6-18H2,1-5H3,(H,31,34)(H,36,37)(H2,29,30,38)/t19?,20-,21-,22?,28+/m0/s1. The number of sulfonamides is 1. The van der Waals surface area contributed by atoms with Gasteiger partial charge in [-0.2, -0.15) is 0 Å². The van der Waals surface area contributed by atoms with Gasteiger partial charge in [-0.15, -0.1) is 0 Å². The number of carbonyl (C=O) groups is 4. The maximum Gasteiger partial charge on any atom is 0.329 e. The number of amides is 4. The van der Waals surface area contributed by atoms with Crippen molar-refractivity contribution in [3.8, 4) is 0 Å². The Hall–Kier alpha value is -2.41. The Kier molecular flexibility index (Phi) is 10.7. The van der Waals surface area contributed by atoms with Gasteiger partial charge in [-0.3, -0.25) is 9.59 Å². The van der Waals surface area contributed by atoms with Crippen LogP contribution >= 0.6 is 0 Å². The van der Waals surface area contributed by atoms with E-state index >= 15 is 0 Å². The second-order valence-electron chi connectivity index (χ2n) is 13.0. The lowest BCUT2D eigenvalue weighted by molar-refractivity contribution is -0.145. The SMILES string of the molecule is CCS(=O)(=O)N(C)CC(NC(=O)N[C@H]1CCCCCCCC2C[C@@]2(C(=O)O)NC(=O)[C@@H]2CCCN2C1=O)C(C)(C)C. The Balaban J connectivity index is 1.77. The number of nitrogens with one attached hydrogen (secondary N) is 3. The van der Waals surface area contributed by atoms with Crippen molar-refractivity contribution in [2.45, 2.75) is 116 Å². The van der Waals surface area contributed by atoms with E-state index in [9.17, 15) is 32.7 Å². The molecule has 4 N–H and O–H groups in total. The molecule has 5 atom stereocenters. The van der Waals surface area contributed by atoms with Gasteiger partial charge in [0.2, 0.25) is 21.8 Å². The first-order valence-electron chi connectivity index (χ1n) is 15.0. The number of hydrogen-bond donors (Lipinski definition) is 4. The molecule has 0 aromatic heterocycles. The first-order chi connectivity index (χ1) is 19.1. The average Bonchev–Trinajstić information content (AvgIpc) is 3.36. The van der Waals surface area contributed by atoms with Gasteiger partial charge >= 0.3 is 12.0 Å². The highest BCUT2D eigenvalue weighted by atomic mass is 32.2. The molecule has 0 bridgehead atoms. The van der Waals surface area contributed by atoms with Crippen molar-refractivity contribution in [3.63, 3.8) is 0 Å². The molecular weight excluding hydrogens is 550 g/mol. The van der Waals surface area contributed by atoms with Gasteiger partial charge < -0.3 is 26.0 Å². The summed E-state index contributed by atoms with van der Waals surface area (Å²) in [5.74, 6) is -1.99. The fourth-order valence-electron chi connectivity index (χ4n) is 5.97. The van der Waals surface area contributed by atoms with Gasteiger partial charge in [-0.25, -0.2) is 22.3 Å². The summed E-state index contributed by atoms with van der Waals surface area (Å²) < 4.78 is 25.9. The quantitative estimate of drug-likeness (QED) is 0.348. The number of likely N-dealkylation sites (N-methyl/N-ethyl adjacent to an activating group) is 1. The molecule has 0 radical (unpaired) electrons. The van der Waals surface area contributed by atoms with Crippen LogP contribution in [0.4, 0.5) is 4.79 Å². The number of aliphatic carboxylic acids is 1. The van der Waals surface area contributed by atoms with Crippen molar-refractivity contribution in [1.29, 1.82) is 0 Å². The van der Waals surface area contributed by atoms with Crippen molar-refractivity contribution in [1.82, 2.24) is 25.2 Å². The predicted octanol–water partition coefficient (Wildman–Crippen LogP) is 2.05. The Bertz CT molecular complexity index is 1090. The zero-order valence-corrected chi connectivity index (χ0v) is 26.0.